The first-order valence-electron chi connectivity index (χ1n) is 8.21. The number of ether oxygens (including phenoxy) is 2. The van der Waals surface area contributed by atoms with Crippen LogP contribution in [0.3, 0.4) is 0 Å². The molecule has 2 N–H and O–H groups in total. The number of hydrogen-bond acceptors (Lipinski definition) is 6. The number of carbonyl (C=O) groups is 1. The third-order valence-electron chi connectivity index (χ3n) is 4.05. The molecule has 1 saturated heterocycles. The Bertz CT molecular complexity index is 856. The van der Waals surface area contributed by atoms with Gasteiger partial charge in [-0.1, -0.05) is 0 Å². The van der Waals surface area contributed by atoms with E-state index >= 15 is 0 Å². The van der Waals surface area contributed by atoms with Gasteiger partial charge in [-0.2, -0.15) is 5.26 Å². The molecule has 1 aromatic carbocycles. The zero-order valence-electron chi connectivity index (χ0n) is 14.0. The third-order valence-corrected chi connectivity index (χ3v) is 4.05. The fraction of sp³-hybridized carbons (Fsp3) is 0.333. The molecule has 2 heterocycles. The summed E-state index contributed by atoms with van der Waals surface area (Å²) in [6.45, 7) is 0.867. The number of nitrogens with one attached hydrogen (secondary N) is 2. The summed E-state index contributed by atoms with van der Waals surface area (Å²) in [4.78, 5) is 30.2. The van der Waals surface area contributed by atoms with Gasteiger partial charge in [-0.3, -0.25) is 9.59 Å². The van der Waals surface area contributed by atoms with E-state index in [0.29, 0.717) is 36.5 Å². The number of carbonyl (C=O) groups excluding carboxylic acids is 1. The van der Waals surface area contributed by atoms with Gasteiger partial charge in [0.25, 0.3) is 5.56 Å². The molecule has 1 aliphatic heterocycles. The first-order chi connectivity index (χ1) is 12.7. The molecule has 2 aromatic rings. The molecule has 1 aliphatic rings. The van der Waals surface area contributed by atoms with Crippen LogP contribution in [0.1, 0.15) is 17.5 Å². The number of rotatable bonds is 5. The number of amides is 1. The zero-order chi connectivity index (χ0) is 18.4. The third kappa shape index (κ3) is 4.46. The molecule has 8 nitrogen and oxygen atoms in total. The highest BCUT2D eigenvalue weighted by atomic mass is 16.5. The van der Waals surface area contributed by atoms with Crippen LogP contribution in [0.5, 0.6) is 5.75 Å². The van der Waals surface area contributed by atoms with Crippen LogP contribution < -0.4 is 15.6 Å². The van der Waals surface area contributed by atoms with E-state index < -0.39 is 0 Å². The van der Waals surface area contributed by atoms with Gasteiger partial charge in [0.05, 0.1) is 43.6 Å². The minimum atomic E-state index is -0.333. The molecule has 0 radical (unpaired) electrons. The fourth-order valence-electron chi connectivity index (χ4n) is 2.71. The maximum Gasteiger partial charge on any atom is 0.254 e. The van der Waals surface area contributed by atoms with Crippen molar-refractivity contribution in [2.24, 2.45) is 0 Å². The Hall–Kier alpha value is -3.18. The van der Waals surface area contributed by atoms with Gasteiger partial charge in [0.1, 0.15) is 11.9 Å². The van der Waals surface area contributed by atoms with Crippen LogP contribution in [-0.4, -0.2) is 41.2 Å². The molecular weight excluding hydrogens is 336 g/mol. The smallest absolute Gasteiger partial charge is 0.254 e. The standard InChI is InChI=1S/C18H18N4O4/c19-8-12-1-3-14(4-2-12)26-16-5-6-25-10-15(16)22-17(23)7-13-9-20-11-21-18(13)24/h1-4,9,11,15-16H,5-7,10H2,(H,22,23)(H,20,21,24)/t15-,16-/m1/s1. The Balaban J connectivity index is 1.63. The average Bonchev–Trinajstić information content (AvgIpc) is 2.66. The number of aromatic amines is 1. The number of benzene rings is 1. The minimum Gasteiger partial charge on any atom is -0.488 e. The van der Waals surface area contributed by atoms with Gasteiger partial charge in [0.2, 0.25) is 5.91 Å². The van der Waals surface area contributed by atoms with Crippen molar-refractivity contribution < 1.29 is 14.3 Å². The van der Waals surface area contributed by atoms with Crippen molar-refractivity contribution in [1.82, 2.24) is 15.3 Å². The Morgan fingerprint density at radius 3 is 2.96 bits per heavy atom. The molecule has 3 rings (SSSR count). The first kappa shape index (κ1) is 17.6. The van der Waals surface area contributed by atoms with E-state index in [2.05, 4.69) is 21.4 Å². The maximum absolute atomic E-state index is 12.3. The summed E-state index contributed by atoms with van der Waals surface area (Å²) in [5, 5.41) is 11.7. The lowest BCUT2D eigenvalue weighted by Gasteiger charge is -2.32. The van der Waals surface area contributed by atoms with Crippen molar-refractivity contribution in [1.29, 1.82) is 5.26 Å². The minimum absolute atomic E-state index is 0.0662. The monoisotopic (exact) mass is 354 g/mol. The molecule has 0 spiro atoms. The van der Waals surface area contributed by atoms with Crippen molar-refractivity contribution >= 4 is 5.91 Å². The van der Waals surface area contributed by atoms with Crippen LogP contribution in [-0.2, 0) is 16.0 Å². The van der Waals surface area contributed by atoms with E-state index in [1.807, 2.05) is 0 Å². The predicted octanol–water partition coefficient (Wildman–Crippen LogP) is 0.537. The molecule has 1 fully saturated rings. The lowest BCUT2D eigenvalue weighted by Crippen LogP contribution is -2.52. The van der Waals surface area contributed by atoms with Crippen LogP contribution >= 0.6 is 0 Å². The van der Waals surface area contributed by atoms with E-state index in [1.54, 1.807) is 24.3 Å². The highest BCUT2D eigenvalue weighted by molar-refractivity contribution is 5.78. The Morgan fingerprint density at radius 1 is 1.42 bits per heavy atom. The van der Waals surface area contributed by atoms with Crippen LogP contribution in [0.15, 0.2) is 41.6 Å². The molecule has 1 aromatic heterocycles. The molecule has 1 amide bonds. The van der Waals surface area contributed by atoms with Crippen LogP contribution in [0.4, 0.5) is 0 Å². The Morgan fingerprint density at radius 2 is 2.23 bits per heavy atom. The largest absolute Gasteiger partial charge is 0.488 e. The number of H-pyrrole nitrogens is 1. The van der Waals surface area contributed by atoms with E-state index in [4.69, 9.17) is 14.7 Å². The predicted molar refractivity (Wildman–Crippen MR) is 91.5 cm³/mol. The van der Waals surface area contributed by atoms with Gasteiger partial charge < -0.3 is 19.8 Å². The molecule has 134 valence electrons. The Kier molecular flexibility index (Phi) is 5.61. The van der Waals surface area contributed by atoms with Crippen molar-refractivity contribution in [3.05, 3.63) is 58.3 Å². The number of hydrogen-bond donors (Lipinski definition) is 2. The molecule has 8 heteroatoms. The second kappa shape index (κ2) is 8.27. The molecule has 0 saturated carbocycles. The van der Waals surface area contributed by atoms with Crippen LogP contribution in [0, 0.1) is 11.3 Å². The lowest BCUT2D eigenvalue weighted by atomic mass is 10.1. The normalized spacial score (nSPS) is 19.3. The highest BCUT2D eigenvalue weighted by Crippen LogP contribution is 2.19. The summed E-state index contributed by atoms with van der Waals surface area (Å²) >= 11 is 0. The average molecular weight is 354 g/mol. The number of nitrogens with zero attached hydrogens (tertiary/aromatic N) is 2. The molecule has 0 bridgehead atoms. The summed E-state index contributed by atoms with van der Waals surface area (Å²) in [5.41, 5.74) is 0.516. The highest BCUT2D eigenvalue weighted by Gasteiger charge is 2.29. The number of aromatic nitrogens is 2. The summed E-state index contributed by atoms with van der Waals surface area (Å²) < 4.78 is 11.4. The van der Waals surface area contributed by atoms with Crippen molar-refractivity contribution in [3.8, 4) is 11.8 Å². The summed E-state index contributed by atoms with van der Waals surface area (Å²) in [7, 11) is 0. The summed E-state index contributed by atoms with van der Waals surface area (Å²) in [6.07, 6.45) is 2.95. The van der Waals surface area contributed by atoms with Gasteiger partial charge in [0.15, 0.2) is 0 Å². The van der Waals surface area contributed by atoms with Gasteiger partial charge in [0, 0.05) is 18.2 Å². The van der Waals surface area contributed by atoms with E-state index in [9.17, 15) is 9.59 Å². The summed E-state index contributed by atoms with van der Waals surface area (Å²) in [5.74, 6) is 0.325. The number of nitriles is 1. The van der Waals surface area contributed by atoms with E-state index in [1.165, 1.54) is 12.5 Å². The van der Waals surface area contributed by atoms with Crippen LogP contribution in [0.25, 0.3) is 0 Å². The van der Waals surface area contributed by atoms with Crippen molar-refractivity contribution in [2.45, 2.75) is 25.0 Å². The van der Waals surface area contributed by atoms with Gasteiger partial charge in [-0.15, -0.1) is 0 Å². The topological polar surface area (TPSA) is 117 Å². The van der Waals surface area contributed by atoms with Gasteiger partial charge in [-0.05, 0) is 24.3 Å². The van der Waals surface area contributed by atoms with Gasteiger partial charge in [-0.25, -0.2) is 4.98 Å². The first-order valence-corrected chi connectivity index (χ1v) is 8.21. The second-order valence-corrected chi connectivity index (χ2v) is 5.91. The molecule has 26 heavy (non-hydrogen) atoms. The fourth-order valence-corrected chi connectivity index (χ4v) is 2.71. The lowest BCUT2D eigenvalue weighted by molar-refractivity contribution is -0.123. The van der Waals surface area contributed by atoms with Crippen molar-refractivity contribution in [2.75, 3.05) is 13.2 Å². The van der Waals surface area contributed by atoms with Gasteiger partial charge >= 0.3 is 0 Å². The quantitative estimate of drug-likeness (QED) is 0.809. The zero-order valence-corrected chi connectivity index (χ0v) is 14.0. The van der Waals surface area contributed by atoms with Crippen LogP contribution in [0.2, 0.25) is 0 Å². The van der Waals surface area contributed by atoms with Crippen molar-refractivity contribution in [3.63, 3.8) is 0 Å². The molecule has 0 aliphatic carbocycles. The Labute approximate surface area is 149 Å². The SMILES string of the molecule is N#Cc1ccc(O[C@@H]2CCOC[C@H]2NC(=O)Cc2cnc[nH]c2=O)cc1. The second-order valence-electron chi connectivity index (χ2n) is 5.91. The maximum atomic E-state index is 12.3. The molecule has 2 atom stereocenters. The van der Waals surface area contributed by atoms with E-state index in [0.717, 1.165) is 0 Å². The summed E-state index contributed by atoms with van der Waals surface area (Å²) in [6, 6.07) is 8.53. The molecular formula is C18H18N4O4. The van der Waals surface area contributed by atoms with E-state index in [-0.39, 0.29) is 30.0 Å². The molecule has 0 unspecified atom stereocenters.